The molecule has 114 valence electrons. The smallest absolute Gasteiger partial charge is 0.262 e. The molecule has 1 unspecified atom stereocenters. The summed E-state index contributed by atoms with van der Waals surface area (Å²) in [6.45, 7) is 0.883. The van der Waals surface area contributed by atoms with Crippen molar-refractivity contribution in [3.63, 3.8) is 0 Å². The zero-order valence-electron chi connectivity index (χ0n) is 11.9. The van der Waals surface area contributed by atoms with Crippen molar-refractivity contribution >= 4 is 10.0 Å². The number of sulfonamides is 1. The zero-order chi connectivity index (χ0) is 15.0. The highest BCUT2D eigenvalue weighted by Crippen LogP contribution is 2.28. The average Bonchev–Trinajstić information content (AvgIpc) is 3.08. The standard InChI is InChI=1S/C11H17N7O2S/c1-16-7-10(12-8-16)21(19,20)18-5-3-4-9(6-18)11-13-14-15-17(11)2/h7-9H,3-6H2,1-2H3. The number of hydrogen-bond acceptors (Lipinski definition) is 6. The Balaban J connectivity index is 1.85. The Morgan fingerprint density at radius 2 is 2.14 bits per heavy atom. The normalized spacial score (nSPS) is 20.8. The maximum absolute atomic E-state index is 12.6. The summed E-state index contributed by atoms with van der Waals surface area (Å²) in [6, 6.07) is 0. The lowest BCUT2D eigenvalue weighted by Crippen LogP contribution is -2.39. The third-order valence-corrected chi connectivity index (χ3v) is 5.44. The number of piperidine rings is 1. The van der Waals surface area contributed by atoms with Crippen molar-refractivity contribution < 1.29 is 8.42 Å². The molecular weight excluding hydrogens is 294 g/mol. The highest BCUT2D eigenvalue weighted by molar-refractivity contribution is 7.89. The van der Waals surface area contributed by atoms with E-state index < -0.39 is 10.0 Å². The van der Waals surface area contributed by atoms with Gasteiger partial charge in [0.05, 0.1) is 6.33 Å². The zero-order valence-corrected chi connectivity index (χ0v) is 12.7. The Labute approximate surface area is 122 Å². The molecular formula is C11H17N7O2S. The van der Waals surface area contributed by atoms with E-state index in [0.29, 0.717) is 13.1 Å². The van der Waals surface area contributed by atoms with Crippen LogP contribution in [0.3, 0.4) is 0 Å². The quantitative estimate of drug-likeness (QED) is 0.758. The number of imidazole rings is 1. The van der Waals surface area contributed by atoms with Gasteiger partial charge in [-0.1, -0.05) is 0 Å². The lowest BCUT2D eigenvalue weighted by atomic mass is 9.99. The molecule has 21 heavy (non-hydrogen) atoms. The van der Waals surface area contributed by atoms with E-state index in [9.17, 15) is 8.42 Å². The molecule has 0 amide bonds. The first kappa shape index (κ1) is 14.1. The van der Waals surface area contributed by atoms with E-state index in [0.717, 1.165) is 18.7 Å². The number of hydrogen-bond donors (Lipinski definition) is 0. The van der Waals surface area contributed by atoms with Gasteiger partial charge in [-0.3, -0.25) is 0 Å². The molecule has 2 aromatic heterocycles. The maximum atomic E-state index is 12.6. The van der Waals surface area contributed by atoms with Gasteiger partial charge >= 0.3 is 0 Å². The molecule has 2 aromatic rings. The Bertz CT molecular complexity index is 735. The van der Waals surface area contributed by atoms with Crippen LogP contribution < -0.4 is 0 Å². The monoisotopic (exact) mass is 311 g/mol. The Kier molecular flexibility index (Phi) is 3.49. The molecule has 0 spiro atoms. The fourth-order valence-corrected chi connectivity index (χ4v) is 4.10. The molecule has 1 aliphatic rings. The van der Waals surface area contributed by atoms with E-state index in [2.05, 4.69) is 20.5 Å². The van der Waals surface area contributed by atoms with Crippen molar-refractivity contribution in [2.75, 3.05) is 13.1 Å². The number of rotatable bonds is 3. The van der Waals surface area contributed by atoms with Crippen LogP contribution in [0, 0.1) is 0 Å². The molecule has 0 N–H and O–H groups in total. The molecule has 1 saturated heterocycles. The summed E-state index contributed by atoms with van der Waals surface area (Å²) in [4.78, 5) is 3.96. The van der Waals surface area contributed by atoms with Crippen molar-refractivity contribution in [3.05, 3.63) is 18.3 Å². The fourth-order valence-electron chi connectivity index (χ4n) is 2.61. The first-order valence-electron chi connectivity index (χ1n) is 6.69. The summed E-state index contributed by atoms with van der Waals surface area (Å²) in [6.07, 6.45) is 4.66. The molecule has 10 heteroatoms. The second-order valence-corrected chi connectivity index (χ2v) is 7.13. The van der Waals surface area contributed by atoms with E-state index >= 15 is 0 Å². The minimum atomic E-state index is -3.55. The predicted octanol–water partition coefficient (Wildman–Crippen LogP) is -0.488. The Morgan fingerprint density at radius 3 is 2.76 bits per heavy atom. The number of nitrogens with zero attached hydrogens (tertiary/aromatic N) is 7. The maximum Gasteiger partial charge on any atom is 0.262 e. The van der Waals surface area contributed by atoms with Crippen LogP contribution in [0.4, 0.5) is 0 Å². The van der Waals surface area contributed by atoms with Gasteiger partial charge in [-0.25, -0.2) is 18.1 Å². The lowest BCUT2D eigenvalue weighted by Gasteiger charge is -2.30. The second-order valence-electron chi connectivity index (χ2n) is 5.24. The van der Waals surface area contributed by atoms with Crippen molar-refractivity contribution in [1.29, 1.82) is 0 Å². The second kappa shape index (κ2) is 5.19. The average molecular weight is 311 g/mol. The van der Waals surface area contributed by atoms with Gasteiger partial charge in [0.25, 0.3) is 10.0 Å². The summed E-state index contributed by atoms with van der Waals surface area (Å²) < 4.78 is 29.9. The van der Waals surface area contributed by atoms with Crippen molar-refractivity contribution in [2.24, 2.45) is 14.1 Å². The topological polar surface area (TPSA) is 98.8 Å². The van der Waals surface area contributed by atoms with E-state index in [1.54, 1.807) is 23.3 Å². The molecule has 1 fully saturated rings. The van der Waals surface area contributed by atoms with E-state index in [1.165, 1.54) is 16.8 Å². The molecule has 0 radical (unpaired) electrons. The highest BCUT2D eigenvalue weighted by atomic mass is 32.2. The van der Waals surface area contributed by atoms with Gasteiger partial charge in [-0.2, -0.15) is 4.31 Å². The molecule has 1 aliphatic heterocycles. The van der Waals surface area contributed by atoms with Crippen molar-refractivity contribution in [1.82, 2.24) is 34.1 Å². The summed E-state index contributed by atoms with van der Waals surface area (Å²) in [5.74, 6) is 0.730. The molecule has 0 bridgehead atoms. The Morgan fingerprint density at radius 1 is 1.33 bits per heavy atom. The van der Waals surface area contributed by atoms with E-state index in [1.807, 2.05) is 0 Å². The van der Waals surface area contributed by atoms with Gasteiger partial charge < -0.3 is 4.57 Å². The van der Waals surface area contributed by atoms with Crippen molar-refractivity contribution in [3.8, 4) is 0 Å². The molecule has 3 rings (SSSR count). The largest absolute Gasteiger partial charge is 0.339 e. The van der Waals surface area contributed by atoms with Crippen LogP contribution in [-0.2, 0) is 24.1 Å². The fraction of sp³-hybridized carbons (Fsp3) is 0.636. The van der Waals surface area contributed by atoms with E-state index in [-0.39, 0.29) is 10.9 Å². The van der Waals surface area contributed by atoms with Crippen LogP contribution in [0.5, 0.6) is 0 Å². The summed E-state index contributed by atoms with van der Waals surface area (Å²) >= 11 is 0. The minimum absolute atomic E-state index is 0.0113. The third kappa shape index (κ3) is 2.56. The van der Waals surface area contributed by atoms with Gasteiger partial charge in [0, 0.05) is 39.3 Å². The van der Waals surface area contributed by atoms with Gasteiger partial charge in [-0.15, -0.1) is 5.10 Å². The van der Waals surface area contributed by atoms with Crippen LogP contribution in [0.15, 0.2) is 17.6 Å². The molecule has 0 aliphatic carbocycles. The first-order valence-corrected chi connectivity index (χ1v) is 8.13. The number of aromatic nitrogens is 6. The highest BCUT2D eigenvalue weighted by Gasteiger charge is 2.33. The van der Waals surface area contributed by atoms with Crippen LogP contribution in [0.2, 0.25) is 0 Å². The number of tetrazole rings is 1. The molecule has 0 aromatic carbocycles. The molecule has 3 heterocycles. The molecule has 9 nitrogen and oxygen atoms in total. The third-order valence-electron chi connectivity index (χ3n) is 3.69. The summed E-state index contributed by atoms with van der Waals surface area (Å²) in [5.41, 5.74) is 0. The molecule has 0 saturated carbocycles. The van der Waals surface area contributed by atoms with Crippen LogP contribution in [0.25, 0.3) is 0 Å². The number of aryl methyl sites for hydroxylation is 2. The molecule has 1 atom stereocenters. The Hall–Kier alpha value is -1.81. The van der Waals surface area contributed by atoms with Gasteiger partial charge in [0.2, 0.25) is 0 Å². The van der Waals surface area contributed by atoms with Gasteiger partial charge in [0.15, 0.2) is 10.9 Å². The first-order chi connectivity index (χ1) is 9.98. The SMILES string of the molecule is Cn1cnc(S(=O)(=O)N2CCCC(c3nnnn3C)C2)c1. The minimum Gasteiger partial charge on any atom is -0.339 e. The van der Waals surface area contributed by atoms with Crippen LogP contribution in [-0.4, -0.2) is 55.6 Å². The van der Waals surface area contributed by atoms with E-state index in [4.69, 9.17) is 0 Å². The van der Waals surface area contributed by atoms with Crippen LogP contribution >= 0.6 is 0 Å². The van der Waals surface area contributed by atoms with Gasteiger partial charge in [0.1, 0.15) is 0 Å². The lowest BCUT2D eigenvalue weighted by molar-refractivity contribution is 0.304. The summed E-state index contributed by atoms with van der Waals surface area (Å²) in [5, 5.41) is 11.5. The summed E-state index contributed by atoms with van der Waals surface area (Å²) in [7, 11) is -0.0428. The van der Waals surface area contributed by atoms with Gasteiger partial charge in [-0.05, 0) is 23.3 Å². The van der Waals surface area contributed by atoms with Crippen molar-refractivity contribution in [2.45, 2.75) is 23.8 Å². The van der Waals surface area contributed by atoms with Crippen LogP contribution in [0.1, 0.15) is 24.6 Å². The predicted molar refractivity (Wildman–Crippen MR) is 72.7 cm³/mol.